The average molecular weight is 250 g/mol. The molecular weight excluding hydrogens is 228 g/mol. The molecule has 0 aromatic heterocycles. The molecule has 0 saturated heterocycles. The molecule has 1 aromatic rings. The summed E-state index contributed by atoms with van der Waals surface area (Å²) < 4.78 is 10.4. The van der Waals surface area contributed by atoms with Crippen molar-refractivity contribution < 1.29 is 14.3 Å². The van der Waals surface area contributed by atoms with E-state index in [0.29, 0.717) is 12.8 Å². The molecule has 0 aliphatic rings. The van der Waals surface area contributed by atoms with Gasteiger partial charge < -0.3 is 9.47 Å². The second-order valence-electron chi connectivity index (χ2n) is 4.62. The molecule has 0 radical (unpaired) electrons. The second kappa shape index (κ2) is 7.17. The van der Waals surface area contributed by atoms with E-state index in [1.54, 1.807) is 14.2 Å². The standard InChI is InChI=1S/C15H22O3/c1-11-5-8-15(18-4)13(9-11)10-14(16)7-6-12(2)17-3/h5,8-9,12H,6-7,10H2,1-4H3. The molecule has 18 heavy (non-hydrogen) atoms. The van der Waals surface area contributed by atoms with Gasteiger partial charge in [-0.1, -0.05) is 17.7 Å². The van der Waals surface area contributed by atoms with E-state index in [2.05, 4.69) is 0 Å². The zero-order chi connectivity index (χ0) is 13.5. The van der Waals surface area contributed by atoms with E-state index in [1.165, 1.54) is 0 Å². The highest BCUT2D eigenvalue weighted by atomic mass is 16.5. The van der Waals surface area contributed by atoms with E-state index in [4.69, 9.17) is 9.47 Å². The van der Waals surface area contributed by atoms with Crippen molar-refractivity contribution in [1.82, 2.24) is 0 Å². The maximum absolute atomic E-state index is 11.9. The Labute approximate surface area is 109 Å². The van der Waals surface area contributed by atoms with Crippen LogP contribution in [0.2, 0.25) is 0 Å². The van der Waals surface area contributed by atoms with Crippen LogP contribution in [0.1, 0.15) is 30.9 Å². The predicted octanol–water partition coefficient (Wildman–Crippen LogP) is 2.93. The highest BCUT2D eigenvalue weighted by Crippen LogP contribution is 2.21. The van der Waals surface area contributed by atoms with Crippen molar-refractivity contribution in [2.75, 3.05) is 14.2 Å². The smallest absolute Gasteiger partial charge is 0.137 e. The molecule has 0 N–H and O–H groups in total. The molecule has 1 atom stereocenters. The number of carbonyl (C=O) groups is 1. The van der Waals surface area contributed by atoms with Crippen molar-refractivity contribution >= 4 is 5.78 Å². The number of ether oxygens (including phenoxy) is 2. The van der Waals surface area contributed by atoms with Gasteiger partial charge in [0, 0.05) is 25.5 Å². The maximum atomic E-state index is 11.9. The molecule has 0 spiro atoms. The predicted molar refractivity (Wildman–Crippen MR) is 72.1 cm³/mol. The second-order valence-corrected chi connectivity index (χ2v) is 4.62. The van der Waals surface area contributed by atoms with Crippen molar-refractivity contribution in [2.45, 2.75) is 39.2 Å². The Hall–Kier alpha value is -1.35. The third kappa shape index (κ3) is 4.49. The van der Waals surface area contributed by atoms with Crippen molar-refractivity contribution in [2.24, 2.45) is 0 Å². The minimum Gasteiger partial charge on any atom is -0.496 e. The van der Waals surface area contributed by atoms with Crippen LogP contribution < -0.4 is 4.74 Å². The summed E-state index contributed by atoms with van der Waals surface area (Å²) >= 11 is 0. The molecule has 1 rings (SSSR count). The molecule has 0 bridgehead atoms. The van der Waals surface area contributed by atoms with Crippen LogP contribution in [0.25, 0.3) is 0 Å². The van der Waals surface area contributed by atoms with E-state index < -0.39 is 0 Å². The highest BCUT2D eigenvalue weighted by Gasteiger charge is 2.10. The van der Waals surface area contributed by atoms with E-state index in [1.807, 2.05) is 32.0 Å². The van der Waals surface area contributed by atoms with Crippen LogP contribution in [0.5, 0.6) is 5.75 Å². The highest BCUT2D eigenvalue weighted by molar-refractivity contribution is 5.81. The van der Waals surface area contributed by atoms with Gasteiger partial charge in [-0.05, 0) is 26.3 Å². The van der Waals surface area contributed by atoms with E-state index >= 15 is 0 Å². The third-order valence-corrected chi connectivity index (χ3v) is 3.06. The number of hydrogen-bond donors (Lipinski definition) is 0. The van der Waals surface area contributed by atoms with Crippen LogP contribution in [-0.4, -0.2) is 26.1 Å². The quantitative estimate of drug-likeness (QED) is 0.746. The van der Waals surface area contributed by atoms with Gasteiger partial charge in [-0.2, -0.15) is 0 Å². The summed E-state index contributed by atoms with van der Waals surface area (Å²) in [4.78, 5) is 11.9. The first-order chi connectivity index (χ1) is 8.56. The van der Waals surface area contributed by atoms with Crippen LogP contribution in [0.15, 0.2) is 18.2 Å². The van der Waals surface area contributed by atoms with Crippen LogP contribution in [0.4, 0.5) is 0 Å². The molecule has 0 amide bonds. The lowest BCUT2D eigenvalue weighted by Gasteiger charge is -2.10. The zero-order valence-electron chi connectivity index (χ0n) is 11.7. The van der Waals surface area contributed by atoms with Crippen LogP contribution in [0.3, 0.4) is 0 Å². The number of hydrogen-bond acceptors (Lipinski definition) is 3. The molecule has 1 unspecified atom stereocenters. The fourth-order valence-corrected chi connectivity index (χ4v) is 1.83. The van der Waals surface area contributed by atoms with Crippen molar-refractivity contribution in [1.29, 1.82) is 0 Å². The van der Waals surface area contributed by atoms with Gasteiger partial charge in [0.25, 0.3) is 0 Å². The van der Waals surface area contributed by atoms with E-state index in [9.17, 15) is 4.79 Å². The van der Waals surface area contributed by atoms with Crippen LogP contribution >= 0.6 is 0 Å². The number of methoxy groups -OCH3 is 2. The number of rotatable bonds is 7. The summed E-state index contributed by atoms with van der Waals surface area (Å²) in [7, 11) is 3.30. The number of benzene rings is 1. The minimum absolute atomic E-state index is 0.133. The third-order valence-electron chi connectivity index (χ3n) is 3.06. The van der Waals surface area contributed by atoms with Crippen LogP contribution in [-0.2, 0) is 16.0 Å². The zero-order valence-corrected chi connectivity index (χ0v) is 11.7. The first-order valence-electron chi connectivity index (χ1n) is 6.24. The van der Waals surface area contributed by atoms with Crippen molar-refractivity contribution in [3.63, 3.8) is 0 Å². The largest absolute Gasteiger partial charge is 0.496 e. The summed E-state index contributed by atoms with van der Waals surface area (Å²) in [5.74, 6) is 1.01. The van der Waals surface area contributed by atoms with E-state index in [-0.39, 0.29) is 11.9 Å². The van der Waals surface area contributed by atoms with Gasteiger partial charge >= 0.3 is 0 Å². The van der Waals surface area contributed by atoms with Crippen LogP contribution in [0, 0.1) is 6.92 Å². The molecule has 0 fully saturated rings. The van der Waals surface area contributed by atoms with Gasteiger partial charge in [0.05, 0.1) is 13.2 Å². The summed E-state index contributed by atoms with van der Waals surface area (Å²) in [6.45, 7) is 3.99. The molecule has 3 nitrogen and oxygen atoms in total. The lowest BCUT2D eigenvalue weighted by Crippen LogP contribution is -2.10. The normalized spacial score (nSPS) is 12.2. The fraction of sp³-hybridized carbons (Fsp3) is 0.533. The van der Waals surface area contributed by atoms with Crippen molar-refractivity contribution in [3.8, 4) is 5.75 Å². The van der Waals surface area contributed by atoms with Gasteiger partial charge in [0.2, 0.25) is 0 Å². The molecule has 0 aliphatic heterocycles. The lowest BCUT2D eigenvalue weighted by atomic mass is 10.0. The Morgan fingerprint density at radius 3 is 2.67 bits per heavy atom. The van der Waals surface area contributed by atoms with Gasteiger partial charge in [-0.15, -0.1) is 0 Å². The summed E-state index contributed by atoms with van der Waals surface area (Å²) in [6, 6.07) is 5.91. The van der Waals surface area contributed by atoms with E-state index in [0.717, 1.165) is 23.3 Å². The van der Waals surface area contributed by atoms with Crippen molar-refractivity contribution in [3.05, 3.63) is 29.3 Å². The summed E-state index contributed by atoms with van der Waals surface area (Å²) in [5.41, 5.74) is 2.11. The van der Waals surface area contributed by atoms with Gasteiger partial charge in [0.15, 0.2) is 0 Å². The molecule has 0 heterocycles. The monoisotopic (exact) mass is 250 g/mol. The number of aryl methyl sites for hydroxylation is 1. The molecular formula is C15H22O3. The fourth-order valence-electron chi connectivity index (χ4n) is 1.83. The SMILES string of the molecule is COc1ccc(C)cc1CC(=O)CCC(C)OC. The Balaban J connectivity index is 2.61. The minimum atomic E-state index is 0.133. The average Bonchev–Trinajstić information content (AvgIpc) is 2.36. The number of Topliss-reactive ketones (excluding diaryl/α,β-unsaturated/α-hetero) is 1. The number of ketones is 1. The maximum Gasteiger partial charge on any atom is 0.137 e. The molecule has 1 aromatic carbocycles. The lowest BCUT2D eigenvalue weighted by molar-refractivity contribution is -0.119. The van der Waals surface area contributed by atoms with Gasteiger partial charge in [-0.3, -0.25) is 4.79 Å². The Kier molecular flexibility index (Phi) is 5.86. The summed E-state index contributed by atoms with van der Waals surface area (Å²) in [6.07, 6.45) is 1.88. The first kappa shape index (κ1) is 14.7. The Morgan fingerprint density at radius 2 is 2.06 bits per heavy atom. The summed E-state index contributed by atoms with van der Waals surface area (Å²) in [5, 5.41) is 0. The number of carbonyl (C=O) groups excluding carboxylic acids is 1. The molecule has 0 saturated carbocycles. The molecule has 3 heteroatoms. The molecule has 100 valence electrons. The first-order valence-corrected chi connectivity index (χ1v) is 6.24. The topological polar surface area (TPSA) is 35.5 Å². The Bertz CT molecular complexity index is 399. The molecule has 0 aliphatic carbocycles. The Morgan fingerprint density at radius 1 is 1.33 bits per heavy atom. The van der Waals surface area contributed by atoms with Gasteiger partial charge in [-0.25, -0.2) is 0 Å². The van der Waals surface area contributed by atoms with Gasteiger partial charge in [0.1, 0.15) is 11.5 Å².